The van der Waals surface area contributed by atoms with E-state index in [2.05, 4.69) is 0 Å². The van der Waals surface area contributed by atoms with E-state index in [9.17, 15) is 4.79 Å². The molecule has 4 heteroatoms. The van der Waals surface area contributed by atoms with Crippen LogP contribution in [-0.2, 0) is 14.4 Å². The molecule has 0 spiro atoms. The summed E-state index contributed by atoms with van der Waals surface area (Å²) in [5, 5.41) is 1.24. The number of nitrogens with zero attached hydrogens (tertiary/aromatic N) is 1. The van der Waals surface area contributed by atoms with E-state index < -0.39 is 5.60 Å². The number of hydroxylamine groups is 2. The van der Waals surface area contributed by atoms with Crippen molar-refractivity contribution in [3.63, 3.8) is 0 Å². The van der Waals surface area contributed by atoms with Crippen molar-refractivity contribution in [3.05, 3.63) is 0 Å². The summed E-state index contributed by atoms with van der Waals surface area (Å²) >= 11 is 0. The fraction of sp³-hybridized carbons (Fsp3) is 0.889. The summed E-state index contributed by atoms with van der Waals surface area (Å²) in [5.74, 6) is -0.0741. The monoisotopic (exact) mass is 187 g/mol. The van der Waals surface area contributed by atoms with Crippen molar-refractivity contribution in [1.29, 1.82) is 0 Å². The molecule has 0 heterocycles. The molecule has 1 aliphatic carbocycles. The lowest BCUT2D eigenvalue weighted by molar-refractivity contribution is -0.191. The standard InChI is InChI=1S/C9H17NO3/c1-10(13-3)8(11)9(12-2)6-4-5-7-9/h4-7H2,1-3H3. The molecule has 4 nitrogen and oxygen atoms in total. The van der Waals surface area contributed by atoms with Crippen molar-refractivity contribution in [2.24, 2.45) is 0 Å². The summed E-state index contributed by atoms with van der Waals surface area (Å²) in [7, 11) is 4.68. The van der Waals surface area contributed by atoms with E-state index >= 15 is 0 Å². The van der Waals surface area contributed by atoms with Gasteiger partial charge in [-0.3, -0.25) is 9.63 Å². The summed E-state index contributed by atoms with van der Waals surface area (Å²) in [5.41, 5.74) is -0.620. The molecule has 1 amide bonds. The smallest absolute Gasteiger partial charge is 0.278 e. The van der Waals surface area contributed by atoms with Crippen molar-refractivity contribution >= 4 is 5.91 Å². The van der Waals surface area contributed by atoms with Crippen LogP contribution in [0.3, 0.4) is 0 Å². The Morgan fingerprint density at radius 1 is 1.31 bits per heavy atom. The SMILES string of the molecule is CON(C)C(=O)C1(OC)CCCC1. The van der Waals surface area contributed by atoms with E-state index in [-0.39, 0.29) is 5.91 Å². The van der Waals surface area contributed by atoms with E-state index in [0.717, 1.165) is 25.7 Å². The minimum Gasteiger partial charge on any atom is -0.368 e. The number of hydrogen-bond acceptors (Lipinski definition) is 3. The summed E-state index contributed by atoms with van der Waals surface area (Å²) in [6.07, 6.45) is 3.71. The molecular formula is C9H17NO3. The molecule has 1 aliphatic rings. The molecule has 0 aliphatic heterocycles. The van der Waals surface area contributed by atoms with E-state index in [0.29, 0.717) is 0 Å². The molecule has 13 heavy (non-hydrogen) atoms. The Hall–Kier alpha value is -0.610. The van der Waals surface area contributed by atoms with Crippen LogP contribution in [0.4, 0.5) is 0 Å². The molecule has 0 bridgehead atoms. The summed E-state index contributed by atoms with van der Waals surface area (Å²) in [6.45, 7) is 0. The first-order chi connectivity index (χ1) is 6.16. The zero-order chi connectivity index (χ0) is 9.90. The molecule has 1 rings (SSSR count). The first-order valence-electron chi connectivity index (χ1n) is 4.54. The van der Waals surface area contributed by atoms with Gasteiger partial charge >= 0.3 is 0 Å². The summed E-state index contributed by atoms with van der Waals surface area (Å²) < 4.78 is 5.31. The van der Waals surface area contributed by atoms with E-state index in [1.54, 1.807) is 14.2 Å². The van der Waals surface area contributed by atoms with Gasteiger partial charge in [-0.1, -0.05) is 0 Å². The fourth-order valence-electron chi connectivity index (χ4n) is 1.82. The largest absolute Gasteiger partial charge is 0.368 e. The van der Waals surface area contributed by atoms with Gasteiger partial charge in [-0.25, -0.2) is 5.06 Å². The minimum absolute atomic E-state index is 0.0741. The van der Waals surface area contributed by atoms with Crippen molar-refractivity contribution in [2.75, 3.05) is 21.3 Å². The van der Waals surface area contributed by atoms with Crippen LogP contribution in [0.15, 0.2) is 0 Å². The second kappa shape index (κ2) is 4.07. The van der Waals surface area contributed by atoms with Gasteiger partial charge in [0.15, 0.2) is 0 Å². The highest BCUT2D eigenvalue weighted by molar-refractivity contribution is 5.84. The quantitative estimate of drug-likeness (QED) is 0.618. The topological polar surface area (TPSA) is 38.8 Å². The van der Waals surface area contributed by atoms with Crippen LogP contribution >= 0.6 is 0 Å². The van der Waals surface area contributed by atoms with Gasteiger partial charge in [-0.2, -0.15) is 0 Å². The van der Waals surface area contributed by atoms with Crippen LogP contribution in [0.5, 0.6) is 0 Å². The molecule has 0 aromatic rings. The molecule has 0 aromatic heterocycles. The third kappa shape index (κ3) is 1.84. The Kier molecular flexibility index (Phi) is 3.27. The number of rotatable bonds is 3. The number of methoxy groups -OCH3 is 1. The van der Waals surface area contributed by atoms with Crippen molar-refractivity contribution in [3.8, 4) is 0 Å². The van der Waals surface area contributed by atoms with E-state index in [1.165, 1.54) is 12.2 Å². The zero-order valence-electron chi connectivity index (χ0n) is 8.50. The average molecular weight is 187 g/mol. The van der Waals surface area contributed by atoms with Gasteiger partial charge in [0, 0.05) is 14.2 Å². The lowest BCUT2D eigenvalue weighted by atomic mass is 10.0. The van der Waals surface area contributed by atoms with E-state index in [1.807, 2.05) is 0 Å². The maximum Gasteiger partial charge on any atom is 0.278 e. The lowest BCUT2D eigenvalue weighted by Gasteiger charge is -2.29. The minimum atomic E-state index is -0.620. The number of likely N-dealkylation sites (N-methyl/N-ethyl adjacent to an activating group) is 1. The van der Waals surface area contributed by atoms with Gasteiger partial charge in [-0.05, 0) is 25.7 Å². The second-order valence-corrected chi connectivity index (χ2v) is 3.39. The highest BCUT2D eigenvalue weighted by atomic mass is 16.7. The molecule has 0 aromatic carbocycles. The number of hydrogen-bond donors (Lipinski definition) is 0. The summed E-state index contributed by atoms with van der Waals surface area (Å²) in [6, 6.07) is 0. The molecule has 1 fully saturated rings. The second-order valence-electron chi connectivity index (χ2n) is 3.39. The highest BCUT2D eigenvalue weighted by Crippen LogP contribution is 2.34. The molecule has 1 saturated carbocycles. The van der Waals surface area contributed by atoms with Crippen LogP contribution < -0.4 is 0 Å². The first-order valence-corrected chi connectivity index (χ1v) is 4.54. The van der Waals surface area contributed by atoms with Gasteiger partial charge in [0.1, 0.15) is 5.60 Å². The molecule has 0 radical (unpaired) electrons. The third-order valence-electron chi connectivity index (χ3n) is 2.75. The van der Waals surface area contributed by atoms with Crippen LogP contribution in [0.1, 0.15) is 25.7 Å². The molecule has 0 unspecified atom stereocenters. The fourth-order valence-corrected chi connectivity index (χ4v) is 1.82. The number of carbonyl (C=O) groups is 1. The van der Waals surface area contributed by atoms with Gasteiger partial charge in [0.2, 0.25) is 0 Å². The van der Waals surface area contributed by atoms with Crippen LogP contribution in [0, 0.1) is 0 Å². The van der Waals surface area contributed by atoms with Crippen LogP contribution in [0.25, 0.3) is 0 Å². The van der Waals surface area contributed by atoms with E-state index in [4.69, 9.17) is 9.57 Å². The Morgan fingerprint density at radius 2 is 1.85 bits per heavy atom. The van der Waals surface area contributed by atoms with Crippen molar-refractivity contribution in [2.45, 2.75) is 31.3 Å². The predicted molar refractivity (Wildman–Crippen MR) is 48.0 cm³/mol. The van der Waals surface area contributed by atoms with Gasteiger partial charge in [0.05, 0.1) is 7.11 Å². The zero-order valence-corrected chi connectivity index (χ0v) is 8.50. The lowest BCUT2D eigenvalue weighted by Crippen LogP contribution is -2.46. The van der Waals surface area contributed by atoms with Crippen LogP contribution in [-0.4, -0.2) is 37.8 Å². The summed E-state index contributed by atoms with van der Waals surface area (Å²) in [4.78, 5) is 16.7. The Morgan fingerprint density at radius 3 is 2.23 bits per heavy atom. The molecule has 76 valence electrons. The number of amides is 1. The van der Waals surface area contributed by atoms with Gasteiger partial charge in [-0.15, -0.1) is 0 Å². The third-order valence-corrected chi connectivity index (χ3v) is 2.75. The Balaban J connectivity index is 2.70. The number of ether oxygens (including phenoxy) is 1. The Bertz CT molecular complexity index is 187. The maximum atomic E-state index is 11.8. The highest BCUT2D eigenvalue weighted by Gasteiger charge is 2.43. The normalized spacial score (nSPS) is 20.2. The average Bonchev–Trinajstić information content (AvgIpc) is 2.65. The molecule has 0 atom stereocenters. The van der Waals surface area contributed by atoms with Gasteiger partial charge in [0.25, 0.3) is 5.91 Å². The van der Waals surface area contributed by atoms with Crippen molar-refractivity contribution in [1.82, 2.24) is 5.06 Å². The van der Waals surface area contributed by atoms with Crippen molar-refractivity contribution < 1.29 is 14.4 Å². The number of carbonyl (C=O) groups excluding carboxylic acids is 1. The maximum absolute atomic E-state index is 11.8. The predicted octanol–water partition coefficient (Wildman–Crippen LogP) is 0.965. The van der Waals surface area contributed by atoms with Crippen LogP contribution in [0.2, 0.25) is 0 Å². The Labute approximate surface area is 78.8 Å². The molecule has 0 N–H and O–H groups in total. The van der Waals surface area contributed by atoms with Gasteiger partial charge < -0.3 is 4.74 Å². The molecular weight excluding hydrogens is 170 g/mol. The molecule has 0 saturated heterocycles. The first kappa shape index (κ1) is 10.5.